The quantitative estimate of drug-likeness (QED) is 0.720. The molecule has 5 heteroatoms. The Hall–Kier alpha value is -1.91. The predicted molar refractivity (Wildman–Crippen MR) is 61.4 cm³/mol. The first-order chi connectivity index (χ1) is 7.77. The molecule has 2 heterocycles. The Bertz CT molecular complexity index is 567. The zero-order valence-corrected chi connectivity index (χ0v) is 9.26. The first kappa shape index (κ1) is 10.6. The molecule has 0 spiro atoms. The molecule has 0 saturated heterocycles. The molecule has 2 aromatic heterocycles. The van der Waals surface area contributed by atoms with Gasteiger partial charge in [-0.3, -0.25) is 0 Å². The van der Waals surface area contributed by atoms with Gasteiger partial charge in [-0.1, -0.05) is 19.4 Å². The van der Waals surface area contributed by atoms with E-state index in [9.17, 15) is 4.79 Å². The lowest BCUT2D eigenvalue weighted by Gasteiger charge is -2.01. The average molecular weight is 218 g/mol. The molecule has 16 heavy (non-hydrogen) atoms. The minimum atomic E-state index is -0.174. The van der Waals surface area contributed by atoms with Gasteiger partial charge in [-0.2, -0.15) is 5.10 Å². The van der Waals surface area contributed by atoms with E-state index in [0.29, 0.717) is 6.54 Å². The molecule has 0 amide bonds. The average Bonchev–Trinajstić information content (AvgIpc) is 2.67. The molecule has 0 aromatic carbocycles. The minimum Gasteiger partial charge on any atom is -0.248 e. The molecule has 0 aliphatic rings. The fourth-order valence-corrected chi connectivity index (χ4v) is 1.66. The van der Waals surface area contributed by atoms with Crippen molar-refractivity contribution in [3.8, 4) is 0 Å². The van der Waals surface area contributed by atoms with Gasteiger partial charge in [0.05, 0.1) is 24.0 Å². The predicted octanol–water partition coefficient (Wildman–Crippen LogP) is 1.03. The van der Waals surface area contributed by atoms with Gasteiger partial charge in [0.2, 0.25) is 0 Å². The van der Waals surface area contributed by atoms with Crippen LogP contribution in [0.3, 0.4) is 0 Å². The van der Waals surface area contributed by atoms with Gasteiger partial charge < -0.3 is 0 Å². The zero-order chi connectivity index (χ0) is 11.5. The number of aromatic nitrogens is 4. The summed E-state index contributed by atoms with van der Waals surface area (Å²) in [7, 11) is 0. The van der Waals surface area contributed by atoms with Crippen LogP contribution in [-0.2, 0) is 13.0 Å². The van der Waals surface area contributed by atoms with Gasteiger partial charge in [-0.15, -0.1) is 6.58 Å². The topological polar surface area (TPSA) is 52.2 Å². The van der Waals surface area contributed by atoms with Crippen LogP contribution in [0.15, 0.2) is 30.0 Å². The first-order valence-corrected chi connectivity index (χ1v) is 5.31. The van der Waals surface area contributed by atoms with Crippen LogP contribution in [0.25, 0.3) is 5.52 Å². The fraction of sp³-hybridized carbons (Fsp3) is 0.364. The van der Waals surface area contributed by atoms with Crippen molar-refractivity contribution in [3.63, 3.8) is 0 Å². The van der Waals surface area contributed by atoms with E-state index < -0.39 is 0 Å². The van der Waals surface area contributed by atoms with Crippen molar-refractivity contribution in [3.05, 3.63) is 41.4 Å². The molecular formula is C11H14N4O. The second kappa shape index (κ2) is 4.30. The Balaban J connectivity index is 2.59. The number of fused-ring (bicyclic) bond motifs is 1. The van der Waals surface area contributed by atoms with Gasteiger partial charge in [-0.05, 0) is 6.42 Å². The minimum absolute atomic E-state index is 0.174. The van der Waals surface area contributed by atoms with Gasteiger partial charge in [0.1, 0.15) is 6.33 Å². The lowest BCUT2D eigenvalue weighted by atomic mass is 10.2. The second-order valence-electron chi connectivity index (χ2n) is 3.59. The molecule has 2 rings (SSSR count). The van der Waals surface area contributed by atoms with Gasteiger partial charge in [0, 0.05) is 0 Å². The van der Waals surface area contributed by atoms with E-state index in [1.54, 1.807) is 18.6 Å². The summed E-state index contributed by atoms with van der Waals surface area (Å²) >= 11 is 0. The van der Waals surface area contributed by atoms with E-state index in [0.717, 1.165) is 24.1 Å². The number of rotatable bonds is 4. The monoisotopic (exact) mass is 218 g/mol. The van der Waals surface area contributed by atoms with Crippen LogP contribution >= 0.6 is 0 Å². The Morgan fingerprint density at radius 2 is 2.38 bits per heavy atom. The molecule has 0 atom stereocenters. The number of nitrogens with zero attached hydrogens (tertiary/aromatic N) is 4. The number of hydrogen-bond acceptors (Lipinski definition) is 3. The van der Waals surface area contributed by atoms with Gasteiger partial charge >= 0.3 is 5.69 Å². The van der Waals surface area contributed by atoms with Crippen molar-refractivity contribution in [2.24, 2.45) is 0 Å². The third kappa shape index (κ3) is 1.64. The van der Waals surface area contributed by atoms with E-state index in [-0.39, 0.29) is 5.69 Å². The van der Waals surface area contributed by atoms with Gasteiger partial charge in [0.15, 0.2) is 0 Å². The maximum absolute atomic E-state index is 11.9. The summed E-state index contributed by atoms with van der Waals surface area (Å²) < 4.78 is 2.89. The summed E-state index contributed by atoms with van der Waals surface area (Å²) in [5, 5.41) is 4.08. The molecule has 0 saturated carbocycles. The molecule has 5 nitrogen and oxygen atoms in total. The molecule has 0 unspecified atom stereocenters. The second-order valence-corrected chi connectivity index (χ2v) is 3.59. The third-order valence-corrected chi connectivity index (χ3v) is 2.42. The van der Waals surface area contributed by atoms with Crippen LogP contribution < -0.4 is 5.69 Å². The van der Waals surface area contributed by atoms with Crippen molar-refractivity contribution in [2.75, 3.05) is 0 Å². The zero-order valence-electron chi connectivity index (χ0n) is 9.26. The number of hydrogen-bond donors (Lipinski definition) is 0. The van der Waals surface area contributed by atoms with Crippen molar-refractivity contribution >= 4 is 5.52 Å². The smallest absolute Gasteiger partial charge is 0.248 e. The standard InChI is InChI=1S/C11H14N4O/c1-3-5-9-10-7-13-15(6-4-2)11(16)14(10)8-12-9/h4,7-8H,2-3,5-6H2,1H3. The summed E-state index contributed by atoms with van der Waals surface area (Å²) in [5.74, 6) is 0. The van der Waals surface area contributed by atoms with Crippen LogP contribution in [0.1, 0.15) is 19.0 Å². The van der Waals surface area contributed by atoms with Crippen molar-refractivity contribution in [1.29, 1.82) is 0 Å². The van der Waals surface area contributed by atoms with Crippen molar-refractivity contribution in [2.45, 2.75) is 26.3 Å². The van der Waals surface area contributed by atoms with E-state index in [1.807, 2.05) is 0 Å². The third-order valence-electron chi connectivity index (χ3n) is 2.42. The Morgan fingerprint density at radius 3 is 3.06 bits per heavy atom. The van der Waals surface area contributed by atoms with E-state index >= 15 is 0 Å². The van der Waals surface area contributed by atoms with E-state index in [1.165, 1.54) is 9.08 Å². The molecule has 0 fully saturated rings. The lowest BCUT2D eigenvalue weighted by Crippen LogP contribution is -2.27. The van der Waals surface area contributed by atoms with Crippen LogP contribution in [0.5, 0.6) is 0 Å². The van der Waals surface area contributed by atoms with Crippen LogP contribution in [0.2, 0.25) is 0 Å². The summed E-state index contributed by atoms with van der Waals surface area (Å²) in [6, 6.07) is 0. The molecule has 0 N–H and O–H groups in total. The maximum atomic E-state index is 11.9. The SMILES string of the molecule is C=CCn1ncc2c(CCC)ncn2c1=O. The van der Waals surface area contributed by atoms with Crippen molar-refractivity contribution < 1.29 is 0 Å². The fourth-order valence-electron chi connectivity index (χ4n) is 1.66. The van der Waals surface area contributed by atoms with E-state index in [4.69, 9.17) is 0 Å². The summed E-state index contributed by atoms with van der Waals surface area (Å²) in [5.41, 5.74) is 1.55. The molecule has 2 aromatic rings. The molecular weight excluding hydrogens is 204 g/mol. The van der Waals surface area contributed by atoms with Crippen LogP contribution in [0.4, 0.5) is 0 Å². The molecule has 0 aliphatic carbocycles. The van der Waals surface area contributed by atoms with E-state index in [2.05, 4.69) is 23.6 Å². The van der Waals surface area contributed by atoms with Gasteiger partial charge in [0.25, 0.3) is 0 Å². The number of imidazole rings is 1. The van der Waals surface area contributed by atoms with Crippen LogP contribution in [-0.4, -0.2) is 19.2 Å². The molecule has 0 aliphatic heterocycles. The van der Waals surface area contributed by atoms with Gasteiger partial charge in [-0.25, -0.2) is 18.9 Å². The van der Waals surface area contributed by atoms with Crippen molar-refractivity contribution in [1.82, 2.24) is 19.2 Å². The highest BCUT2D eigenvalue weighted by Crippen LogP contribution is 2.07. The highest BCUT2D eigenvalue weighted by atomic mass is 16.2. The Kier molecular flexibility index (Phi) is 2.85. The number of allylic oxidation sites excluding steroid dienone is 1. The molecule has 0 radical (unpaired) electrons. The summed E-state index contributed by atoms with van der Waals surface area (Å²) in [4.78, 5) is 16.1. The molecule has 84 valence electrons. The lowest BCUT2D eigenvalue weighted by molar-refractivity contribution is 0.618. The number of aryl methyl sites for hydroxylation is 1. The summed E-state index contributed by atoms with van der Waals surface area (Å²) in [6.07, 6.45) is 6.75. The Morgan fingerprint density at radius 1 is 1.56 bits per heavy atom. The maximum Gasteiger partial charge on any atom is 0.350 e. The highest BCUT2D eigenvalue weighted by molar-refractivity contribution is 5.49. The largest absolute Gasteiger partial charge is 0.350 e. The summed E-state index contributed by atoms with van der Waals surface area (Å²) in [6.45, 7) is 6.08. The first-order valence-electron chi connectivity index (χ1n) is 5.31. The highest BCUT2D eigenvalue weighted by Gasteiger charge is 2.07. The normalized spacial score (nSPS) is 10.8. The Labute approximate surface area is 93.0 Å². The molecule has 0 bridgehead atoms. The van der Waals surface area contributed by atoms with Crippen LogP contribution in [0, 0.1) is 0 Å².